The predicted octanol–water partition coefficient (Wildman–Crippen LogP) is 5.37. The van der Waals surface area contributed by atoms with E-state index >= 15 is 0 Å². The predicted molar refractivity (Wildman–Crippen MR) is 114 cm³/mol. The summed E-state index contributed by atoms with van der Waals surface area (Å²) in [5.41, 5.74) is 6.80. The number of benzene rings is 2. The summed E-state index contributed by atoms with van der Waals surface area (Å²) in [5, 5.41) is 4.07. The van der Waals surface area contributed by atoms with E-state index in [0.717, 1.165) is 39.2 Å². The molecule has 0 N–H and O–H groups in total. The molecule has 0 aliphatic carbocycles. The lowest BCUT2D eigenvalue weighted by Crippen LogP contribution is -2.07. The Morgan fingerprint density at radius 3 is 2.34 bits per heavy atom. The van der Waals surface area contributed by atoms with E-state index in [0.29, 0.717) is 18.6 Å². The van der Waals surface area contributed by atoms with E-state index in [1.807, 2.05) is 68.6 Å². The molecule has 0 radical (unpaired) electrons. The van der Waals surface area contributed by atoms with Gasteiger partial charge in [0.2, 0.25) is 0 Å². The van der Waals surface area contributed by atoms with Gasteiger partial charge < -0.3 is 4.52 Å². The topological polar surface area (TPSA) is 56.0 Å². The van der Waals surface area contributed by atoms with Gasteiger partial charge >= 0.3 is 0 Å². The minimum Gasteiger partial charge on any atom is -0.356 e. The van der Waals surface area contributed by atoms with Crippen molar-refractivity contribution in [2.24, 2.45) is 0 Å². The van der Waals surface area contributed by atoms with Crippen LogP contribution in [0, 0.1) is 13.8 Å². The molecule has 4 heteroatoms. The third-order valence-corrected chi connectivity index (χ3v) is 4.98. The van der Waals surface area contributed by atoms with Gasteiger partial charge in [0.15, 0.2) is 5.76 Å². The molecular weight excluding hydrogens is 360 g/mol. The number of carbonyl (C=O) groups excluding carboxylic acids is 1. The van der Waals surface area contributed by atoms with Crippen LogP contribution in [0.4, 0.5) is 0 Å². The zero-order chi connectivity index (χ0) is 20.2. The van der Waals surface area contributed by atoms with Gasteiger partial charge in [-0.2, -0.15) is 0 Å². The Kier molecular flexibility index (Phi) is 5.34. The summed E-state index contributed by atoms with van der Waals surface area (Å²) >= 11 is 0. The van der Waals surface area contributed by atoms with Crippen molar-refractivity contribution < 1.29 is 9.32 Å². The number of hydrogen-bond donors (Lipinski definition) is 0. The largest absolute Gasteiger partial charge is 0.356 e. The van der Waals surface area contributed by atoms with E-state index in [-0.39, 0.29) is 5.78 Å². The van der Waals surface area contributed by atoms with Crippen molar-refractivity contribution in [3.63, 3.8) is 0 Å². The molecule has 4 nitrogen and oxygen atoms in total. The second-order valence-electron chi connectivity index (χ2n) is 7.22. The first-order chi connectivity index (χ1) is 14.1. The lowest BCUT2D eigenvalue weighted by atomic mass is 9.97. The molecule has 29 heavy (non-hydrogen) atoms. The fraction of sp³-hybridized carbons (Fsp3) is 0.160. The van der Waals surface area contributed by atoms with Crippen LogP contribution in [0.1, 0.15) is 22.5 Å². The molecule has 0 unspecified atom stereocenters. The van der Waals surface area contributed by atoms with Gasteiger partial charge in [0.05, 0.1) is 5.69 Å². The lowest BCUT2D eigenvalue weighted by molar-refractivity contribution is -0.117. The van der Waals surface area contributed by atoms with Gasteiger partial charge in [-0.3, -0.25) is 9.78 Å². The van der Waals surface area contributed by atoms with Crippen LogP contribution in [0.5, 0.6) is 0 Å². The van der Waals surface area contributed by atoms with Crippen molar-refractivity contribution in [3.05, 3.63) is 95.4 Å². The molecular formula is C25H22N2O2. The second-order valence-corrected chi connectivity index (χ2v) is 7.22. The highest BCUT2D eigenvalue weighted by molar-refractivity contribution is 5.85. The molecule has 4 rings (SSSR count). The fourth-order valence-electron chi connectivity index (χ4n) is 3.44. The van der Waals surface area contributed by atoms with Crippen molar-refractivity contribution >= 4 is 5.78 Å². The Bertz CT molecular complexity index is 1130. The van der Waals surface area contributed by atoms with Gasteiger partial charge in [-0.1, -0.05) is 59.8 Å². The van der Waals surface area contributed by atoms with E-state index in [9.17, 15) is 4.79 Å². The van der Waals surface area contributed by atoms with E-state index in [4.69, 9.17) is 4.52 Å². The molecule has 0 fully saturated rings. The maximum atomic E-state index is 12.7. The van der Waals surface area contributed by atoms with Gasteiger partial charge in [0, 0.05) is 35.9 Å². The minimum absolute atomic E-state index is 0.140. The van der Waals surface area contributed by atoms with Gasteiger partial charge in [-0.15, -0.1) is 0 Å². The Balaban J connectivity index is 1.48. The van der Waals surface area contributed by atoms with Gasteiger partial charge in [-0.25, -0.2) is 0 Å². The maximum Gasteiger partial charge on any atom is 0.170 e. The molecule has 0 saturated carbocycles. The highest BCUT2D eigenvalue weighted by Crippen LogP contribution is 2.27. The lowest BCUT2D eigenvalue weighted by Gasteiger charge is -2.06. The molecule has 0 atom stereocenters. The van der Waals surface area contributed by atoms with Crippen LogP contribution in [0.3, 0.4) is 0 Å². The zero-order valence-electron chi connectivity index (χ0n) is 16.6. The number of ketones is 1. The van der Waals surface area contributed by atoms with Crippen molar-refractivity contribution in [1.29, 1.82) is 0 Å². The number of hydrogen-bond acceptors (Lipinski definition) is 4. The van der Waals surface area contributed by atoms with Crippen LogP contribution in [-0.4, -0.2) is 15.9 Å². The van der Waals surface area contributed by atoms with Crippen LogP contribution in [0.25, 0.3) is 22.5 Å². The van der Waals surface area contributed by atoms with Gasteiger partial charge in [0.25, 0.3) is 0 Å². The number of aryl methyl sites for hydroxylation is 2. The van der Waals surface area contributed by atoms with Crippen molar-refractivity contribution in [3.8, 4) is 22.5 Å². The van der Waals surface area contributed by atoms with Crippen LogP contribution < -0.4 is 0 Å². The van der Waals surface area contributed by atoms with Gasteiger partial charge in [0.1, 0.15) is 5.78 Å². The number of carbonyl (C=O) groups is 1. The molecule has 0 bridgehead atoms. The molecule has 0 spiro atoms. The molecule has 0 amide bonds. The van der Waals surface area contributed by atoms with Crippen molar-refractivity contribution in [2.75, 3.05) is 0 Å². The molecule has 2 heterocycles. The zero-order valence-corrected chi connectivity index (χ0v) is 16.6. The Hall–Kier alpha value is -3.53. The molecule has 2 aromatic carbocycles. The average Bonchev–Trinajstić information content (AvgIpc) is 3.09. The molecule has 4 aromatic rings. The highest BCUT2D eigenvalue weighted by Gasteiger charge is 2.18. The Labute approximate surface area is 170 Å². The number of Topliss-reactive ketones (excluding diaryl/α,β-unsaturated/α-hetero) is 1. The first kappa shape index (κ1) is 18.8. The SMILES string of the molecule is Cc1cc(-c2ccc(CC(=O)Cc3c(C)noc3-c3ccccc3)cc2)ccn1. The first-order valence-corrected chi connectivity index (χ1v) is 9.64. The van der Waals surface area contributed by atoms with E-state index < -0.39 is 0 Å². The molecule has 144 valence electrons. The minimum atomic E-state index is 0.140. The maximum absolute atomic E-state index is 12.7. The normalized spacial score (nSPS) is 10.8. The van der Waals surface area contributed by atoms with Crippen molar-refractivity contribution in [2.45, 2.75) is 26.7 Å². The summed E-state index contributed by atoms with van der Waals surface area (Å²) < 4.78 is 5.50. The number of rotatable bonds is 6. The summed E-state index contributed by atoms with van der Waals surface area (Å²) in [6.07, 6.45) is 2.51. The standard InChI is InChI=1S/C25H22N2O2/c1-17-14-22(12-13-26-17)20-10-8-19(9-11-20)15-23(28)16-24-18(2)27-29-25(24)21-6-4-3-5-7-21/h3-14H,15-16H2,1-2H3. The fourth-order valence-corrected chi connectivity index (χ4v) is 3.44. The van der Waals surface area contributed by atoms with Crippen LogP contribution in [0.2, 0.25) is 0 Å². The Morgan fingerprint density at radius 1 is 0.862 bits per heavy atom. The Morgan fingerprint density at radius 2 is 1.62 bits per heavy atom. The van der Waals surface area contributed by atoms with E-state index in [1.54, 1.807) is 0 Å². The van der Waals surface area contributed by atoms with Crippen LogP contribution >= 0.6 is 0 Å². The molecule has 0 saturated heterocycles. The van der Waals surface area contributed by atoms with Gasteiger partial charge in [-0.05, 0) is 42.7 Å². The number of aromatic nitrogens is 2. The number of pyridine rings is 1. The average molecular weight is 382 g/mol. The third-order valence-electron chi connectivity index (χ3n) is 4.98. The highest BCUT2D eigenvalue weighted by atomic mass is 16.5. The smallest absolute Gasteiger partial charge is 0.170 e. The summed E-state index contributed by atoms with van der Waals surface area (Å²) in [7, 11) is 0. The first-order valence-electron chi connectivity index (χ1n) is 9.64. The summed E-state index contributed by atoms with van der Waals surface area (Å²) in [6.45, 7) is 3.86. The summed E-state index contributed by atoms with van der Waals surface area (Å²) in [6, 6.07) is 22.0. The summed E-state index contributed by atoms with van der Waals surface area (Å²) in [4.78, 5) is 17.0. The number of nitrogens with zero attached hydrogens (tertiary/aromatic N) is 2. The molecule has 0 aliphatic rings. The summed E-state index contributed by atoms with van der Waals surface area (Å²) in [5.74, 6) is 0.820. The molecule has 2 aromatic heterocycles. The third kappa shape index (κ3) is 4.32. The second kappa shape index (κ2) is 8.23. The monoisotopic (exact) mass is 382 g/mol. The van der Waals surface area contributed by atoms with E-state index in [1.165, 1.54) is 0 Å². The van der Waals surface area contributed by atoms with Crippen molar-refractivity contribution in [1.82, 2.24) is 10.1 Å². The van der Waals surface area contributed by atoms with Crippen LogP contribution in [0.15, 0.2) is 77.4 Å². The van der Waals surface area contributed by atoms with Crippen LogP contribution in [-0.2, 0) is 17.6 Å². The quantitative estimate of drug-likeness (QED) is 0.449. The molecule has 0 aliphatic heterocycles. The van der Waals surface area contributed by atoms with E-state index in [2.05, 4.69) is 28.3 Å².